The van der Waals surface area contributed by atoms with E-state index in [9.17, 15) is 9.59 Å². The molecule has 0 radical (unpaired) electrons. The van der Waals surface area contributed by atoms with Gasteiger partial charge in [-0.25, -0.2) is 4.79 Å². The third kappa shape index (κ3) is 8.17. The number of aliphatic imine (C=N–C) groups is 1. The minimum Gasteiger partial charge on any atom is -0.391 e. The van der Waals surface area contributed by atoms with Crippen LogP contribution in [0.5, 0.6) is 0 Å². The summed E-state index contributed by atoms with van der Waals surface area (Å²) in [5.74, 6) is -1.41. The third-order valence-corrected chi connectivity index (χ3v) is 1.81. The first-order valence-electron chi connectivity index (χ1n) is 5.17. The van der Waals surface area contributed by atoms with Crippen molar-refractivity contribution < 1.29 is 14.3 Å². The van der Waals surface area contributed by atoms with Crippen LogP contribution in [0.4, 0.5) is 0 Å². The molecule has 8 nitrogen and oxygen atoms in total. The average molecular weight is 245 g/mol. The van der Waals surface area contributed by atoms with Gasteiger partial charge in [-0.1, -0.05) is 0 Å². The van der Waals surface area contributed by atoms with Crippen LogP contribution in [0.2, 0.25) is 0 Å². The molecule has 7 N–H and O–H groups in total. The van der Waals surface area contributed by atoms with E-state index in [0.717, 1.165) is 0 Å². The van der Waals surface area contributed by atoms with Crippen LogP contribution < -0.4 is 22.5 Å². The molecular formula is C9H19N5O3. The summed E-state index contributed by atoms with van der Waals surface area (Å²) < 4.78 is 4.48. The highest BCUT2D eigenvalue weighted by molar-refractivity contribution is 5.89. The normalized spacial score (nSPS) is 11.6. The Labute approximate surface area is 99.6 Å². The van der Waals surface area contributed by atoms with Gasteiger partial charge in [0.2, 0.25) is 0 Å². The van der Waals surface area contributed by atoms with Crippen molar-refractivity contribution in [3.05, 3.63) is 0 Å². The Morgan fingerprint density at radius 2 is 2.06 bits per heavy atom. The first-order valence-corrected chi connectivity index (χ1v) is 5.17. The lowest BCUT2D eigenvalue weighted by Gasteiger charge is -2.09. The smallest absolute Gasteiger partial charge is 0.330 e. The molecule has 0 unspecified atom stereocenters. The maximum absolute atomic E-state index is 11.3. The molecule has 0 spiro atoms. The third-order valence-electron chi connectivity index (χ3n) is 1.81. The fourth-order valence-corrected chi connectivity index (χ4v) is 1.01. The molecule has 0 aliphatic rings. The van der Waals surface area contributed by atoms with Crippen LogP contribution in [-0.4, -0.2) is 44.1 Å². The van der Waals surface area contributed by atoms with Crippen molar-refractivity contribution in [2.75, 3.05) is 20.1 Å². The lowest BCUT2D eigenvalue weighted by atomic mass is 10.2. The van der Waals surface area contributed by atoms with Crippen LogP contribution in [-0.2, 0) is 14.3 Å². The molecule has 0 aromatic heterocycles. The summed E-state index contributed by atoms with van der Waals surface area (Å²) in [5.41, 5.74) is 15.8. The summed E-state index contributed by atoms with van der Waals surface area (Å²) in [5, 5.41) is 2.56. The van der Waals surface area contributed by atoms with Crippen molar-refractivity contribution in [3.63, 3.8) is 0 Å². The molecular weight excluding hydrogens is 226 g/mol. The van der Waals surface area contributed by atoms with Gasteiger partial charge in [-0.2, -0.15) is 0 Å². The fraction of sp³-hybridized carbons (Fsp3) is 0.667. The number of nitrogens with zero attached hydrogens (tertiary/aromatic N) is 1. The predicted molar refractivity (Wildman–Crippen MR) is 62.9 cm³/mol. The molecule has 0 aliphatic carbocycles. The van der Waals surface area contributed by atoms with Crippen LogP contribution in [0.3, 0.4) is 0 Å². The molecule has 0 saturated carbocycles. The molecule has 0 aliphatic heterocycles. The van der Waals surface area contributed by atoms with Crippen molar-refractivity contribution in [3.8, 4) is 0 Å². The van der Waals surface area contributed by atoms with E-state index in [1.54, 1.807) is 7.05 Å². The summed E-state index contributed by atoms with van der Waals surface area (Å²) in [6, 6.07) is -0.843. The van der Waals surface area contributed by atoms with Gasteiger partial charge in [-0.15, -0.1) is 0 Å². The quantitative estimate of drug-likeness (QED) is 0.129. The highest BCUT2D eigenvalue weighted by Gasteiger charge is 2.17. The standard InChI is InChI=1S/C9H19N5O3/c1-13-5-7(15)17-8(16)6(10)3-2-4-14-9(11)12/h6,13H,2-5,10H2,1H3,(H4,11,12,14)/t6-/m0/s1. The van der Waals surface area contributed by atoms with Crippen LogP contribution in [0, 0.1) is 0 Å². The molecule has 0 saturated heterocycles. The number of nitrogens with two attached hydrogens (primary N) is 3. The topological polar surface area (TPSA) is 146 Å². The van der Waals surface area contributed by atoms with E-state index < -0.39 is 18.0 Å². The average Bonchev–Trinajstić information content (AvgIpc) is 2.23. The highest BCUT2D eigenvalue weighted by Crippen LogP contribution is 1.98. The molecule has 0 aromatic carbocycles. The van der Waals surface area contributed by atoms with Gasteiger partial charge in [0.15, 0.2) is 5.96 Å². The number of carbonyl (C=O) groups excluding carboxylic acids is 2. The molecule has 17 heavy (non-hydrogen) atoms. The number of nitrogens with one attached hydrogen (secondary N) is 1. The number of carbonyl (C=O) groups is 2. The van der Waals surface area contributed by atoms with E-state index in [1.165, 1.54) is 0 Å². The summed E-state index contributed by atoms with van der Waals surface area (Å²) in [6.45, 7) is 0.347. The van der Waals surface area contributed by atoms with Gasteiger partial charge >= 0.3 is 11.9 Å². The van der Waals surface area contributed by atoms with Crippen LogP contribution >= 0.6 is 0 Å². The molecule has 0 bridgehead atoms. The van der Waals surface area contributed by atoms with E-state index in [2.05, 4.69) is 15.0 Å². The van der Waals surface area contributed by atoms with Crippen LogP contribution in [0.25, 0.3) is 0 Å². The van der Waals surface area contributed by atoms with Gasteiger partial charge in [-0.3, -0.25) is 9.79 Å². The summed E-state index contributed by atoms with van der Waals surface area (Å²) in [6.07, 6.45) is 0.886. The predicted octanol–water partition coefficient (Wildman–Crippen LogP) is -2.34. The minimum absolute atomic E-state index is 0.00894. The number of rotatable bonds is 7. The number of ether oxygens (including phenoxy) is 1. The summed E-state index contributed by atoms with van der Waals surface area (Å²) >= 11 is 0. The monoisotopic (exact) mass is 245 g/mol. The van der Waals surface area contributed by atoms with E-state index in [4.69, 9.17) is 17.2 Å². The molecule has 1 atom stereocenters. The number of esters is 2. The van der Waals surface area contributed by atoms with Crippen molar-refractivity contribution in [2.24, 2.45) is 22.2 Å². The molecule has 0 aromatic rings. The number of guanidine groups is 1. The number of hydrogen-bond acceptors (Lipinski definition) is 6. The molecule has 8 heteroatoms. The second-order valence-corrected chi connectivity index (χ2v) is 3.38. The highest BCUT2D eigenvalue weighted by atomic mass is 16.6. The van der Waals surface area contributed by atoms with Gasteiger partial charge in [-0.05, 0) is 19.9 Å². The molecule has 0 amide bonds. The van der Waals surface area contributed by atoms with Gasteiger partial charge in [0.25, 0.3) is 0 Å². The van der Waals surface area contributed by atoms with Crippen molar-refractivity contribution in [1.82, 2.24) is 5.32 Å². The summed E-state index contributed by atoms with van der Waals surface area (Å²) in [7, 11) is 1.57. The molecule has 0 rings (SSSR count). The Kier molecular flexibility index (Phi) is 7.65. The zero-order valence-electron chi connectivity index (χ0n) is 9.81. The second-order valence-electron chi connectivity index (χ2n) is 3.38. The Morgan fingerprint density at radius 1 is 1.41 bits per heavy atom. The Hall–Kier alpha value is -1.67. The zero-order valence-corrected chi connectivity index (χ0v) is 9.81. The Balaban J connectivity index is 3.82. The van der Waals surface area contributed by atoms with E-state index >= 15 is 0 Å². The van der Waals surface area contributed by atoms with E-state index in [0.29, 0.717) is 19.4 Å². The van der Waals surface area contributed by atoms with Crippen LogP contribution in [0.15, 0.2) is 4.99 Å². The molecule has 98 valence electrons. The maximum Gasteiger partial charge on any atom is 0.330 e. The lowest BCUT2D eigenvalue weighted by molar-refractivity contribution is -0.160. The second kappa shape index (κ2) is 8.48. The van der Waals surface area contributed by atoms with Crippen molar-refractivity contribution in [2.45, 2.75) is 18.9 Å². The first kappa shape index (κ1) is 15.3. The first-order chi connectivity index (χ1) is 7.97. The van der Waals surface area contributed by atoms with Gasteiger partial charge in [0.1, 0.15) is 6.04 Å². The minimum atomic E-state index is -0.843. The largest absolute Gasteiger partial charge is 0.391 e. The van der Waals surface area contributed by atoms with Crippen molar-refractivity contribution >= 4 is 17.9 Å². The molecule has 0 heterocycles. The van der Waals surface area contributed by atoms with E-state index in [-0.39, 0.29) is 12.5 Å². The summed E-state index contributed by atoms with van der Waals surface area (Å²) in [4.78, 5) is 26.0. The maximum atomic E-state index is 11.3. The number of hydrogen-bond donors (Lipinski definition) is 4. The lowest BCUT2D eigenvalue weighted by Crippen LogP contribution is -2.36. The van der Waals surface area contributed by atoms with Crippen LogP contribution in [0.1, 0.15) is 12.8 Å². The van der Waals surface area contributed by atoms with Crippen molar-refractivity contribution in [1.29, 1.82) is 0 Å². The molecule has 0 fully saturated rings. The SMILES string of the molecule is CNCC(=O)OC(=O)[C@@H](N)CCCN=C(N)N. The van der Waals surface area contributed by atoms with E-state index in [1.807, 2.05) is 0 Å². The number of likely N-dealkylation sites (N-methyl/N-ethyl adjacent to an activating group) is 1. The Morgan fingerprint density at radius 3 is 2.59 bits per heavy atom. The zero-order chi connectivity index (χ0) is 13.3. The van der Waals surface area contributed by atoms with Gasteiger partial charge < -0.3 is 27.3 Å². The van der Waals surface area contributed by atoms with Gasteiger partial charge in [0.05, 0.1) is 6.54 Å². The van der Waals surface area contributed by atoms with Gasteiger partial charge in [0, 0.05) is 6.54 Å². The fourth-order valence-electron chi connectivity index (χ4n) is 1.01. The Bertz CT molecular complexity index is 288.